The van der Waals surface area contributed by atoms with Crippen LogP contribution in [0.4, 0.5) is 0 Å². The lowest BCUT2D eigenvalue weighted by Gasteiger charge is -2.38. The highest BCUT2D eigenvalue weighted by molar-refractivity contribution is 7.86. The fourth-order valence-electron chi connectivity index (χ4n) is 3.01. The Labute approximate surface area is 129 Å². The van der Waals surface area contributed by atoms with Crippen molar-refractivity contribution in [3.8, 4) is 0 Å². The standard InChI is InChI=1S/C13H27N3O2S.ClH/c1-11-3-7-15(8-4-11)19(17,18)16-9-5-13(6-10-16)12(2)14;/h11-13H,3-10,14H2,1-2H3;1H. The van der Waals surface area contributed by atoms with Gasteiger partial charge in [-0.05, 0) is 44.4 Å². The number of rotatable bonds is 3. The van der Waals surface area contributed by atoms with Gasteiger partial charge in [0.2, 0.25) is 0 Å². The number of piperidine rings is 2. The number of nitrogens with zero attached hydrogens (tertiary/aromatic N) is 2. The third-order valence-electron chi connectivity index (χ3n) is 4.64. The predicted molar refractivity (Wildman–Crippen MR) is 84.1 cm³/mol. The van der Waals surface area contributed by atoms with E-state index in [1.165, 1.54) is 0 Å². The third kappa shape index (κ3) is 4.07. The second kappa shape index (κ2) is 7.40. The molecule has 0 aromatic rings. The summed E-state index contributed by atoms with van der Waals surface area (Å²) in [5.41, 5.74) is 5.90. The van der Waals surface area contributed by atoms with Crippen LogP contribution in [0.5, 0.6) is 0 Å². The Balaban J connectivity index is 0.00000200. The lowest BCUT2D eigenvalue weighted by atomic mass is 9.92. The van der Waals surface area contributed by atoms with Crippen molar-refractivity contribution in [3.63, 3.8) is 0 Å². The van der Waals surface area contributed by atoms with Crippen molar-refractivity contribution in [2.45, 2.75) is 45.6 Å². The van der Waals surface area contributed by atoms with Crippen molar-refractivity contribution in [3.05, 3.63) is 0 Å². The van der Waals surface area contributed by atoms with Gasteiger partial charge in [0.15, 0.2) is 0 Å². The van der Waals surface area contributed by atoms with E-state index >= 15 is 0 Å². The van der Waals surface area contributed by atoms with Gasteiger partial charge >= 0.3 is 0 Å². The zero-order chi connectivity index (χ0) is 14.0. The lowest BCUT2D eigenvalue weighted by Crippen LogP contribution is -2.50. The first-order valence-electron chi connectivity index (χ1n) is 7.42. The molecule has 0 amide bonds. The molecule has 1 atom stereocenters. The van der Waals surface area contributed by atoms with Crippen LogP contribution in [-0.2, 0) is 10.2 Å². The van der Waals surface area contributed by atoms with Crippen molar-refractivity contribution in [2.24, 2.45) is 17.6 Å². The number of hydrogen-bond acceptors (Lipinski definition) is 3. The first-order chi connectivity index (χ1) is 8.91. The molecule has 120 valence electrons. The van der Waals surface area contributed by atoms with Crippen LogP contribution in [0.3, 0.4) is 0 Å². The Morgan fingerprint density at radius 2 is 1.40 bits per heavy atom. The molecule has 1 unspecified atom stereocenters. The highest BCUT2D eigenvalue weighted by Crippen LogP contribution is 2.25. The van der Waals surface area contributed by atoms with E-state index in [0.29, 0.717) is 38.0 Å². The molecule has 20 heavy (non-hydrogen) atoms. The highest BCUT2D eigenvalue weighted by atomic mass is 35.5. The van der Waals surface area contributed by atoms with Crippen LogP contribution >= 0.6 is 12.4 Å². The molecule has 2 rings (SSSR count). The number of nitrogens with two attached hydrogens (primary N) is 1. The molecule has 7 heteroatoms. The van der Waals surface area contributed by atoms with Crippen LogP contribution in [0, 0.1) is 11.8 Å². The van der Waals surface area contributed by atoms with E-state index < -0.39 is 10.2 Å². The fraction of sp³-hybridized carbons (Fsp3) is 1.00. The van der Waals surface area contributed by atoms with Crippen LogP contribution in [0.1, 0.15) is 39.5 Å². The van der Waals surface area contributed by atoms with Gasteiger partial charge in [0, 0.05) is 32.2 Å². The van der Waals surface area contributed by atoms with E-state index in [0.717, 1.165) is 25.7 Å². The molecule has 2 N–H and O–H groups in total. The quantitative estimate of drug-likeness (QED) is 0.854. The molecule has 2 heterocycles. The molecular weight excluding hydrogens is 298 g/mol. The van der Waals surface area contributed by atoms with E-state index in [9.17, 15) is 8.42 Å². The Morgan fingerprint density at radius 1 is 1.00 bits per heavy atom. The van der Waals surface area contributed by atoms with Crippen LogP contribution in [0.15, 0.2) is 0 Å². The van der Waals surface area contributed by atoms with E-state index in [4.69, 9.17) is 5.73 Å². The summed E-state index contributed by atoms with van der Waals surface area (Å²) in [4.78, 5) is 0. The molecule has 5 nitrogen and oxygen atoms in total. The Kier molecular flexibility index (Phi) is 6.73. The normalized spacial score (nSPS) is 26.1. The second-order valence-corrected chi connectivity index (χ2v) is 8.11. The van der Waals surface area contributed by atoms with E-state index in [1.807, 2.05) is 6.92 Å². The maximum absolute atomic E-state index is 12.5. The van der Waals surface area contributed by atoms with Crippen LogP contribution in [-0.4, -0.2) is 49.2 Å². The third-order valence-corrected chi connectivity index (χ3v) is 6.67. The summed E-state index contributed by atoms with van der Waals surface area (Å²) in [5.74, 6) is 1.11. The van der Waals surface area contributed by atoms with Gasteiger partial charge in [-0.1, -0.05) is 6.92 Å². The summed E-state index contributed by atoms with van der Waals surface area (Å²) in [7, 11) is -3.23. The average molecular weight is 326 g/mol. The minimum Gasteiger partial charge on any atom is -0.328 e. The van der Waals surface area contributed by atoms with Gasteiger partial charge in [-0.2, -0.15) is 17.0 Å². The Hall–Kier alpha value is 0.120. The fourth-order valence-corrected chi connectivity index (χ4v) is 4.68. The minimum atomic E-state index is -3.23. The minimum absolute atomic E-state index is 0. The zero-order valence-corrected chi connectivity index (χ0v) is 14.1. The number of halogens is 1. The van der Waals surface area contributed by atoms with Crippen molar-refractivity contribution in [1.82, 2.24) is 8.61 Å². The van der Waals surface area contributed by atoms with Crippen LogP contribution in [0.2, 0.25) is 0 Å². The smallest absolute Gasteiger partial charge is 0.281 e. The van der Waals surface area contributed by atoms with Gasteiger partial charge in [-0.3, -0.25) is 0 Å². The molecule has 2 aliphatic rings. The molecule has 2 fully saturated rings. The van der Waals surface area contributed by atoms with Crippen molar-refractivity contribution in [1.29, 1.82) is 0 Å². The molecule has 2 saturated heterocycles. The van der Waals surface area contributed by atoms with Gasteiger partial charge in [0.05, 0.1) is 0 Å². The average Bonchev–Trinajstić information content (AvgIpc) is 2.39. The van der Waals surface area contributed by atoms with Gasteiger partial charge in [0.25, 0.3) is 10.2 Å². The molecule has 0 bridgehead atoms. The van der Waals surface area contributed by atoms with E-state index in [-0.39, 0.29) is 18.4 Å². The summed E-state index contributed by atoms with van der Waals surface area (Å²) in [6.45, 7) is 6.81. The SMILES string of the molecule is CC1CCN(S(=O)(=O)N2CCC(C(C)N)CC2)CC1.Cl. The summed E-state index contributed by atoms with van der Waals surface area (Å²) in [6.07, 6.45) is 3.74. The van der Waals surface area contributed by atoms with Gasteiger partial charge in [-0.25, -0.2) is 0 Å². The lowest BCUT2D eigenvalue weighted by molar-refractivity contribution is 0.220. The van der Waals surface area contributed by atoms with Crippen molar-refractivity contribution < 1.29 is 8.42 Å². The maximum Gasteiger partial charge on any atom is 0.281 e. The molecular formula is C13H28ClN3O2S. The highest BCUT2D eigenvalue weighted by Gasteiger charge is 2.34. The van der Waals surface area contributed by atoms with Gasteiger partial charge in [-0.15, -0.1) is 12.4 Å². The van der Waals surface area contributed by atoms with Gasteiger partial charge in [0.1, 0.15) is 0 Å². The molecule has 0 spiro atoms. The first-order valence-corrected chi connectivity index (χ1v) is 8.81. The van der Waals surface area contributed by atoms with Crippen LogP contribution < -0.4 is 5.73 Å². The van der Waals surface area contributed by atoms with E-state index in [2.05, 4.69) is 6.92 Å². The molecule has 0 aromatic carbocycles. The topological polar surface area (TPSA) is 66.6 Å². The molecule has 0 aliphatic carbocycles. The molecule has 0 saturated carbocycles. The maximum atomic E-state index is 12.5. The van der Waals surface area contributed by atoms with E-state index in [1.54, 1.807) is 8.61 Å². The number of hydrogen-bond donors (Lipinski definition) is 1. The van der Waals surface area contributed by atoms with Crippen molar-refractivity contribution >= 4 is 22.6 Å². The van der Waals surface area contributed by atoms with Crippen molar-refractivity contribution in [2.75, 3.05) is 26.2 Å². The molecule has 0 radical (unpaired) electrons. The Bertz CT molecular complexity index is 386. The molecule has 2 aliphatic heterocycles. The predicted octanol–water partition coefficient (Wildman–Crippen LogP) is 1.44. The largest absolute Gasteiger partial charge is 0.328 e. The summed E-state index contributed by atoms with van der Waals surface area (Å²) < 4.78 is 28.4. The summed E-state index contributed by atoms with van der Waals surface area (Å²) >= 11 is 0. The zero-order valence-electron chi connectivity index (χ0n) is 12.5. The van der Waals surface area contributed by atoms with Crippen LogP contribution in [0.25, 0.3) is 0 Å². The summed E-state index contributed by atoms with van der Waals surface area (Å²) in [5, 5.41) is 0. The Morgan fingerprint density at radius 3 is 1.80 bits per heavy atom. The second-order valence-electron chi connectivity index (χ2n) is 6.18. The summed E-state index contributed by atoms with van der Waals surface area (Å²) in [6, 6.07) is 0.167. The van der Waals surface area contributed by atoms with Gasteiger partial charge < -0.3 is 5.73 Å². The molecule has 0 aromatic heterocycles. The monoisotopic (exact) mass is 325 g/mol. The first kappa shape index (κ1) is 18.2.